The normalized spacial score (nSPS) is 15.0. The first-order valence-corrected chi connectivity index (χ1v) is 12.0. The summed E-state index contributed by atoms with van der Waals surface area (Å²) in [5.41, 5.74) is 1.73. The number of aromatic nitrogens is 4. The average Bonchev–Trinajstić information content (AvgIpc) is 2.91. The lowest BCUT2D eigenvalue weighted by Crippen LogP contribution is -2.44. The van der Waals surface area contributed by atoms with Gasteiger partial charge in [-0.05, 0) is 36.2 Å². The van der Waals surface area contributed by atoms with E-state index in [1.165, 1.54) is 6.20 Å². The van der Waals surface area contributed by atoms with Gasteiger partial charge in [-0.15, -0.1) is 0 Å². The molecule has 3 aromatic rings. The highest BCUT2D eigenvalue weighted by atomic mass is 19.4. The molecule has 0 spiro atoms. The minimum atomic E-state index is -4.58. The summed E-state index contributed by atoms with van der Waals surface area (Å²) >= 11 is 0. The molecule has 3 aliphatic heterocycles. The fourth-order valence-electron chi connectivity index (χ4n) is 3.24. The summed E-state index contributed by atoms with van der Waals surface area (Å²) in [6.07, 6.45) is -2.49. The molecule has 0 atom stereocenters. The second kappa shape index (κ2) is 13.1. The number of hydrogen-bond acceptors (Lipinski definition) is 10. The van der Waals surface area contributed by atoms with Gasteiger partial charge in [-0.25, -0.2) is 14.6 Å². The highest BCUT2D eigenvalue weighted by molar-refractivity contribution is 5.89. The molecule has 0 aliphatic carbocycles. The van der Waals surface area contributed by atoms with Crippen LogP contribution in [0.4, 0.5) is 51.8 Å². The number of fused-ring (bicyclic) bond motifs is 2. The Hall–Kier alpha value is -5.09. The molecule has 7 N–H and O–H groups in total. The fraction of sp³-hybridized carbons (Fsp3) is 0.304. The van der Waals surface area contributed by atoms with Gasteiger partial charge in [0, 0.05) is 25.3 Å². The smallest absolute Gasteiger partial charge is 0.422 e. The molecule has 2 aromatic heterocycles. The van der Waals surface area contributed by atoms with Crippen LogP contribution in [-0.2, 0) is 6.54 Å². The number of urea groups is 2. The standard InChI is InChI=1S/C23H26F3N11O3/c24-23(25,26)12-40-22-36-18-30-10-14-2-4-15(5-3-14)34-21(39)32-13-31-20(38)28-9-1-8-27-17-7-6-16(11-29-17)33-19(35-18)37-22/h2-7,11H,1,8-10,12-13H2,(H,27,29)(H2,28,31,38)(H2,32,34,39)(H2,30,33,35,36,37). The largest absolute Gasteiger partial charge is 0.454 e. The van der Waals surface area contributed by atoms with Gasteiger partial charge in [-0.3, -0.25) is 0 Å². The number of benzene rings is 1. The average molecular weight is 562 g/mol. The van der Waals surface area contributed by atoms with Crippen LogP contribution in [0.3, 0.4) is 0 Å². The molecule has 0 saturated carbocycles. The third kappa shape index (κ3) is 9.34. The minimum absolute atomic E-state index is 0.0244. The number of amides is 4. The number of nitrogens with zero attached hydrogens (tertiary/aromatic N) is 4. The van der Waals surface area contributed by atoms with Crippen LogP contribution in [0.25, 0.3) is 0 Å². The summed E-state index contributed by atoms with van der Waals surface area (Å²) in [6, 6.07) is 8.65. The first-order chi connectivity index (χ1) is 19.2. The zero-order valence-corrected chi connectivity index (χ0v) is 20.9. The molecule has 17 heteroatoms. The van der Waals surface area contributed by atoms with E-state index in [-0.39, 0.29) is 25.1 Å². The Labute approximate surface area is 225 Å². The SMILES string of the molecule is O=C1NCCCNc2ccc(cn2)Nc2nc(nc(OCC(F)(F)F)n2)NCc2ccc(cc2)NC(=O)NCN1. The van der Waals surface area contributed by atoms with Crippen molar-refractivity contribution in [3.63, 3.8) is 0 Å². The zero-order chi connectivity index (χ0) is 28.4. The van der Waals surface area contributed by atoms with Crippen molar-refractivity contribution in [2.75, 3.05) is 47.6 Å². The van der Waals surface area contributed by atoms with Gasteiger partial charge in [0.15, 0.2) is 6.61 Å². The molecular weight excluding hydrogens is 535 g/mol. The van der Waals surface area contributed by atoms with E-state index in [9.17, 15) is 22.8 Å². The predicted molar refractivity (Wildman–Crippen MR) is 139 cm³/mol. The maximum absolute atomic E-state index is 12.7. The van der Waals surface area contributed by atoms with Crippen molar-refractivity contribution in [2.45, 2.75) is 19.1 Å². The van der Waals surface area contributed by atoms with E-state index in [2.05, 4.69) is 57.2 Å². The Bertz CT molecular complexity index is 1290. The van der Waals surface area contributed by atoms with Gasteiger partial charge >= 0.3 is 24.2 Å². The van der Waals surface area contributed by atoms with Crippen LogP contribution < -0.4 is 42.0 Å². The topological polar surface area (TPSA) is 179 Å². The van der Waals surface area contributed by atoms with E-state index < -0.39 is 30.9 Å². The molecule has 212 valence electrons. The molecule has 4 amide bonds. The van der Waals surface area contributed by atoms with Crippen molar-refractivity contribution in [1.29, 1.82) is 0 Å². The number of nitrogens with one attached hydrogen (secondary N) is 7. The molecule has 5 heterocycles. The lowest BCUT2D eigenvalue weighted by Gasteiger charge is -2.12. The number of pyridine rings is 1. The maximum Gasteiger partial charge on any atom is 0.422 e. The number of hydrogen-bond donors (Lipinski definition) is 7. The quantitative estimate of drug-likeness (QED) is 0.246. The molecule has 3 aliphatic rings. The molecule has 6 bridgehead atoms. The predicted octanol–water partition coefficient (Wildman–Crippen LogP) is 2.76. The summed E-state index contributed by atoms with van der Waals surface area (Å²) in [4.78, 5) is 40.3. The second-order valence-corrected chi connectivity index (χ2v) is 8.30. The Morgan fingerprint density at radius 1 is 0.775 bits per heavy atom. The first kappa shape index (κ1) is 27.9. The first-order valence-electron chi connectivity index (χ1n) is 12.0. The van der Waals surface area contributed by atoms with Crippen LogP contribution in [0.5, 0.6) is 6.01 Å². The lowest BCUT2D eigenvalue weighted by molar-refractivity contribution is -0.154. The van der Waals surface area contributed by atoms with Crippen molar-refractivity contribution in [3.05, 3.63) is 48.2 Å². The van der Waals surface area contributed by atoms with Gasteiger partial charge < -0.3 is 42.0 Å². The highest BCUT2D eigenvalue weighted by Gasteiger charge is 2.29. The number of anilines is 5. The number of halogens is 3. The Kier molecular flexibility index (Phi) is 9.16. The highest BCUT2D eigenvalue weighted by Crippen LogP contribution is 2.21. The maximum atomic E-state index is 12.7. The van der Waals surface area contributed by atoms with Crippen molar-refractivity contribution < 1.29 is 27.5 Å². The van der Waals surface area contributed by atoms with E-state index in [0.29, 0.717) is 36.7 Å². The minimum Gasteiger partial charge on any atom is -0.454 e. The van der Waals surface area contributed by atoms with Gasteiger partial charge in [-0.2, -0.15) is 28.1 Å². The van der Waals surface area contributed by atoms with E-state index in [1.807, 2.05) is 0 Å². The van der Waals surface area contributed by atoms with E-state index in [4.69, 9.17) is 4.74 Å². The van der Waals surface area contributed by atoms with Gasteiger partial charge in [0.2, 0.25) is 11.9 Å². The van der Waals surface area contributed by atoms with Crippen LogP contribution in [-0.4, -0.2) is 64.5 Å². The van der Waals surface area contributed by atoms with Crippen LogP contribution in [0, 0.1) is 0 Å². The van der Waals surface area contributed by atoms with Gasteiger partial charge in [0.25, 0.3) is 0 Å². The van der Waals surface area contributed by atoms with Crippen molar-refractivity contribution in [2.24, 2.45) is 0 Å². The van der Waals surface area contributed by atoms with E-state index in [1.54, 1.807) is 36.4 Å². The van der Waals surface area contributed by atoms with E-state index in [0.717, 1.165) is 5.56 Å². The molecule has 1 aromatic carbocycles. The summed E-state index contributed by atoms with van der Waals surface area (Å²) in [5.74, 6) is 0.482. The lowest BCUT2D eigenvalue weighted by atomic mass is 10.2. The van der Waals surface area contributed by atoms with Gasteiger partial charge in [-0.1, -0.05) is 12.1 Å². The van der Waals surface area contributed by atoms with Crippen LogP contribution >= 0.6 is 0 Å². The molecule has 0 fully saturated rings. The fourth-order valence-corrected chi connectivity index (χ4v) is 3.24. The van der Waals surface area contributed by atoms with Crippen LogP contribution in [0.1, 0.15) is 12.0 Å². The monoisotopic (exact) mass is 561 g/mol. The summed E-state index contributed by atoms with van der Waals surface area (Å²) in [6.45, 7) is -0.548. The number of ether oxygens (including phenoxy) is 1. The summed E-state index contributed by atoms with van der Waals surface area (Å²) < 4.78 is 42.9. The second-order valence-electron chi connectivity index (χ2n) is 8.30. The molecule has 0 radical (unpaired) electrons. The van der Waals surface area contributed by atoms with Crippen molar-refractivity contribution >= 4 is 41.2 Å². The zero-order valence-electron chi connectivity index (χ0n) is 20.9. The van der Waals surface area contributed by atoms with Crippen molar-refractivity contribution in [3.8, 4) is 6.01 Å². The number of rotatable bonds is 2. The molecule has 14 nitrogen and oxygen atoms in total. The molecular formula is C23H26F3N11O3. The third-order valence-electron chi connectivity index (χ3n) is 5.10. The van der Waals surface area contributed by atoms with Gasteiger partial charge in [0.05, 0.1) is 18.6 Å². The Morgan fingerprint density at radius 3 is 2.25 bits per heavy atom. The number of carbonyl (C=O) groups excluding carboxylic acids is 2. The Balaban J connectivity index is 1.52. The van der Waals surface area contributed by atoms with Crippen LogP contribution in [0.2, 0.25) is 0 Å². The number of carbonyl (C=O) groups is 2. The summed E-state index contributed by atoms with van der Waals surface area (Å²) in [7, 11) is 0. The van der Waals surface area contributed by atoms with Crippen molar-refractivity contribution in [1.82, 2.24) is 35.9 Å². The number of alkyl halides is 3. The molecule has 0 saturated heterocycles. The van der Waals surface area contributed by atoms with E-state index >= 15 is 0 Å². The summed E-state index contributed by atoms with van der Waals surface area (Å²) in [5, 5.41) is 19.3. The molecule has 0 unspecified atom stereocenters. The third-order valence-corrected chi connectivity index (χ3v) is 5.10. The molecule has 6 rings (SSSR count). The van der Waals surface area contributed by atoms with Crippen LogP contribution in [0.15, 0.2) is 42.6 Å². The Morgan fingerprint density at radius 2 is 1.50 bits per heavy atom. The van der Waals surface area contributed by atoms with Gasteiger partial charge in [0.1, 0.15) is 5.82 Å². The molecule has 40 heavy (non-hydrogen) atoms.